The highest BCUT2D eigenvalue weighted by Crippen LogP contribution is 2.37. The van der Waals surface area contributed by atoms with E-state index in [4.69, 9.17) is 28.5 Å². The molecule has 2 heterocycles. The molecule has 1 fully saturated rings. The molecular formula is C32H45N3O10. The van der Waals surface area contributed by atoms with Gasteiger partial charge < -0.3 is 43.4 Å². The Morgan fingerprint density at radius 1 is 1.09 bits per heavy atom. The van der Waals surface area contributed by atoms with Gasteiger partial charge in [-0.2, -0.15) is 0 Å². The van der Waals surface area contributed by atoms with E-state index in [1.807, 2.05) is 36.4 Å². The quantitative estimate of drug-likeness (QED) is 0.150. The van der Waals surface area contributed by atoms with E-state index in [1.165, 1.54) is 4.90 Å². The lowest BCUT2D eigenvalue weighted by molar-refractivity contribution is -0.768. The van der Waals surface area contributed by atoms with E-state index in [2.05, 4.69) is 11.0 Å². The van der Waals surface area contributed by atoms with E-state index in [-0.39, 0.29) is 25.5 Å². The van der Waals surface area contributed by atoms with E-state index in [0.29, 0.717) is 39.5 Å². The average Bonchev–Trinajstić information content (AvgIpc) is 3.02. The van der Waals surface area contributed by atoms with E-state index in [1.54, 1.807) is 21.1 Å². The molecule has 45 heavy (non-hydrogen) atoms. The summed E-state index contributed by atoms with van der Waals surface area (Å²) in [6, 6.07) is 13.6. The molecule has 2 aliphatic rings. The van der Waals surface area contributed by atoms with Crippen molar-refractivity contribution < 1.29 is 43.5 Å². The number of nitrogens with zero attached hydrogens (tertiary/aromatic N) is 3. The van der Waals surface area contributed by atoms with Crippen molar-refractivity contribution in [1.29, 1.82) is 0 Å². The molecule has 13 heteroatoms. The first kappa shape index (κ1) is 34.2. The number of anilines is 1. The Hall–Kier alpha value is -3.65. The van der Waals surface area contributed by atoms with Crippen molar-refractivity contribution in [3.63, 3.8) is 0 Å². The Labute approximate surface area is 264 Å². The van der Waals surface area contributed by atoms with Crippen LogP contribution in [0.2, 0.25) is 0 Å². The lowest BCUT2D eigenvalue weighted by Gasteiger charge is -2.43. The van der Waals surface area contributed by atoms with Crippen molar-refractivity contribution in [2.75, 3.05) is 65.2 Å². The Kier molecular flexibility index (Phi) is 13.0. The van der Waals surface area contributed by atoms with Crippen molar-refractivity contribution >= 4 is 11.8 Å². The summed E-state index contributed by atoms with van der Waals surface area (Å²) in [6.07, 6.45) is -0.792. The molecule has 0 aromatic heterocycles. The molecule has 1 N–H and O–H groups in total. The number of carbonyl (C=O) groups is 1. The fourth-order valence-electron chi connectivity index (χ4n) is 6.03. The molecular weight excluding hydrogens is 586 g/mol. The van der Waals surface area contributed by atoms with Crippen LogP contribution in [0.4, 0.5) is 10.5 Å². The first-order valence-electron chi connectivity index (χ1n) is 15.4. The third-order valence-electron chi connectivity index (χ3n) is 8.24. The summed E-state index contributed by atoms with van der Waals surface area (Å²) < 4.78 is 28.3. The number of carboxylic acid groups (broad SMARTS) is 1. The van der Waals surface area contributed by atoms with Crippen molar-refractivity contribution in [3.05, 3.63) is 69.3 Å². The summed E-state index contributed by atoms with van der Waals surface area (Å²) in [5.41, 5.74) is 3.97. The maximum Gasteiger partial charge on any atom is 0.407 e. The van der Waals surface area contributed by atoms with Crippen LogP contribution in [0.25, 0.3) is 0 Å². The molecule has 0 radical (unpaired) electrons. The maximum atomic E-state index is 12.4. The molecule has 0 spiro atoms. The third kappa shape index (κ3) is 9.92. The molecule has 248 valence electrons. The van der Waals surface area contributed by atoms with Crippen LogP contribution in [-0.2, 0) is 37.0 Å². The molecule has 4 atom stereocenters. The predicted octanol–water partition coefficient (Wildman–Crippen LogP) is 4.49. The van der Waals surface area contributed by atoms with Crippen molar-refractivity contribution in [3.8, 4) is 5.75 Å². The zero-order valence-electron chi connectivity index (χ0n) is 26.3. The molecule has 0 saturated carbocycles. The number of piperidine rings is 1. The molecule has 2 aromatic rings. The summed E-state index contributed by atoms with van der Waals surface area (Å²) in [5.74, 6) is 0.679. The second kappa shape index (κ2) is 17.2. The number of ether oxygens (including phenoxy) is 5. The number of hydrogen-bond acceptors (Lipinski definition) is 10. The highest BCUT2D eigenvalue weighted by molar-refractivity contribution is 5.66. The van der Waals surface area contributed by atoms with Gasteiger partial charge in [-0.25, -0.2) is 4.79 Å². The summed E-state index contributed by atoms with van der Waals surface area (Å²) in [7, 11) is 3.33. The number of amides is 1. The standard InChI is InChI=1S/C32H45N3O10/c1-23(45-35(38)39)17-27-19-28(26-8-5-24(6-9-26)21-42-16-15-41-3)31(20-34(27)32(36)37)44-22-25-7-10-30-29(18-25)33(12-14-43-30)11-4-13-40-2/h5-10,18,23,27-28,31H,4,11-17,19-22H2,1-3H3,(H,36,37)/t23-,27+,28-,31+/m1/s1. The fourth-order valence-corrected chi connectivity index (χ4v) is 6.03. The highest BCUT2D eigenvalue weighted by Gasteiger charge is 2.40. The molecule has 1 amide bonds. The van der Waals surface area contributed by atoms with E-state index < -0.39 is 29.4 Å². The van der Waals surface area contributed by atoms with Gasteiger partial charge in [-0.15, -0.1) is 10.1 Å². The van der Waals surface area contributed by atoms with Gasteiger partial charge in [-0.05, 0) is 55.0 Å². The van der Waals surface area contributed by atoms with Gasteiger partial charge in [0.25, 0.3) is 5.09 Å². The van der Waals surface area contributed by atoms with Gasteiger partial charge in [0.05, 0.1) is 51.3 Å². The van der Waals surface area contributed by atoms with Crippen LogP contribution in [0, 0.1) is 10.1 Å². The van der Waals surface area contributed by atoms with Crippen LogP contribution in [0.15, 0.2) is 42.5 Å². The van der Waals surface area contributed by atoms with Gasteiger partial charge in [0.1, 0.15) is 18.5 Å². The van der Waals surface area contributed by atoms with E-state index in [9.17, 15) is 20.0 Å². The number of hydrogen-bond donors (Lipinski definition) is 1. The summed E-state index contributed by atoms with van der Waals surface area (Å²) >= 11 is 0. The Morgan fingerprint density at radius 3 is 2.56 bits per heavy atom. The number of fused-ring (bicyclic) bond motifs is 1. The lowest BCUT2D eigenvalue weighted by atomic mass is 9.81. The van der Waals surface area contributed by atoms with Crippen LogP contribution in [0.3, 0.4) is 0 Å². The van der Waals surface area contributed by atoms with Crippen LogP contribution in [0.5, 0.6) is 5.75 Å². The minimum Gasteiger partial charge on any atom is -0.490 e. The normalized spacial score (nSPS) is 20.3. The smallest absolute Gasteiger partial charge is 0.407 e. The predicted molar refractivity (Wildman–Crippen MR) is 165 cm³/mol. The van der Waals surface area contributed by atoms with Crippen LogP contribution in [0.1, 0.15) is 48.8 Å². The average molecular weight is 632 g/mol. The largest absolute Gasteiger partial charge is 0.490 e. The molecule has 0 aliphatic carbocycles. The molecule has 2 aromatic carbocycles. The summed E-state index contributed by atoms with van der Waals surface area (Å²) in [6.45, 7) is 6.37. The Bertz CT molecular complexity index is 1230. The zero-order valence-corrected chi connectivity index (χ0v) is 26.3. The van der Waals surface area contributed by atoms with Gasteiger partial charge >= 0.3 is 6.09 Å². The fraction of sp³-hybridized carbons (Fsp3) is 0.594. The zero-order chi connectivity index (χ0) is 32.2. The lowest BCUT2D eigenvalue weighted by Crippen LogP contribution is -2.53. The van der Waals surface area contributed by atoms with E-state index in [0.717, 1.165) is 47.6 Å². The second-order valence-electron chi connectivity index (χ2n) is 11.4. The highest BCUT2D eigenvalue weighted by atomic mass is 17.0. The Morgan fingerprint density at radius 2 is 1.84 bits per heavy atom. The van der Waals surface area contributed by atoms with Gasteiger partial charge in [0.15, 0.2) is 0 Å². The van der Waals surface area contributed by atoms with Crippen molar-refractivity contribution in [2.24, 2.45) is 0 Å². The topological polar surface area (TPSA) is 142 Å². The molecule has 4 rings (SSSR count). The number of benzene rings is 2. The second-order valence-corrected chi connectivity index (χ2v) is 11.4. The van der Waals surface area contributed by atoms with Gasteiger partial charge in [0.2, 0.25) is 0 Å². The molecule has 13 nitrogen and oxygen atoms in total. The molecule has 2 aliphatic heterocycles. The first-order valence-corrected chi connectivity index (χ1v) is 15.4. The molecule has 1 saturated heterocycles. The molecule has 0 unspecified atom stereocenters. The monoisotopic (exact) mass is 631 g/mol. The van der Waals surface area contributed by atoms with Crippen LogP contribution >= 0.6 is 0 Å². The number of methoxy groups -OCH3 is 2. The van der Waals surface area contributed by atoms with Crippen molar-refractivity contribution in [2.45, 2.75) is 63.6 Å². The first-order chi connectivity index (χ1) is 21.8. The summed E-state index contributed by atoms with van der Waals surface area (Å²) in [5, 5.41) is 20.2. The maximum absolute atomic E-state index is 12.4. The summed E-state index contributed by atoms with van der Waals surface area (Å²) in [4.78, 5) is 31.7. The minimum atomic E-state index is -1.10. The van der Waals surface area contributed by atoms with Crippen LogP contribution in [-0.4, -0.2) is 99.7 Å². The van der Waals surface area contributed by atoms with Crippen molar-refractivity contribution in [1.82, 2.24) is 4.90 Å². The molecule has 0 bridgehead atoms. The van der Waals surface area contributed by atoms with E-state index >= 15 is 0 Å². The van der Waals surface area contributed by atoms with Crippen LogP contribution < -0.4 is 9.64 Å². The Balaban J connectivity index is 1.52. The third-order valence-corrected chi connectivity index (χ3v) is 8.24. The van der Waals surface area contributed by atoms with Gasteiger partial charge in [-0.3, -0.25) is 0 Å². The number of likely N-dealkylation sites (tertiary alicyclic amines) is 1. The van der Waals surface area contributed by atoms with Gasteiger partial charge in [0, 0.05) is 39.3 Å². The SMILES string of the molecule is COCCCN1CCOc2ccc(CO[C@H]3CN(C(=O)O)[C@@H](C[C@@H](C)O[N+](=O)[O-])C[C@@H]3c3ccc(COCCOC)cc3)cc21. The number of rotatable bonds is 17. The van der Waals surface area contributed by atoms with Gasteiger partial charge in [-0.1, -0.05) is 30.3 Å². The minimum absolute atomic E-state index is 0.120.